The maximum absolute atomic E-state index is 11.8. The summed E-state index contributed by atoms with van der Waals surface area (Å²) in [6.07, 6.45) is 4.40. The smallest absolute Gasteiger partial charge is 0.228 e. The monoisotopic (exact) mass is 213 g/mol. The highest BCUT2D eigenvalue weighted by molar-refractivity contribution is 5.99. The molecule has 0 aromatic heterocycles. The number of nitrogens with zero attached hydrogens (tertiary/aromatic N) is 1. The van der Waals surface area contributed by atoms with Crippen LogP contribution in [-0.4, -0.2) is 5.91 Å². The number of hydrogen-bond acceptors (Lipinski definition) is 1. The van der Waals surface area contributed by atoms with E-state index in [1.807, 2.05) is 17.0 Å². The summed E-state index contributed by atoms with van der Waals surface area (Å²) >= 11 is 0. The van der Waals surface area contributed by atoms with Crippen LogP contribution in [0.25, 0.3) is 0 Å². The number of benzene rings is 1. The summed E-state index contributed by atoms with van der Waals surface area (Å²) in [6, 6.07) is 8.25. The predicted octanol–water partition coefficient (Wildman–Crippen LogP) is 2.99. The molecule has 0 spiro atoms. The quantitative estimate of drug-likeness (QED) is 0.648. The van der Waals surface area contributed by atoms with E-state index in [0.29, 0.717) is 0 Å². The largest absolute Gasteiger partial charge is 0.284 e. The first-order valence-corrected chi connectivity index (χ1v) is 5.75. The van der Waals surface area contributed by atoms with Crippen LogP contribution in [0.1, 0.15) is 32.3 Å². The van der Waals surface area contributed by atoms with Gasteiger partial charge in [-0.2, -0.15) is 0 Å². The van der Waals surface area contributed by atoms with Gasteiger partial charge >= 0.3 is 0 Å². The van der Waals surface area contributed by atoms with Crippen LogP contribution in [-0.2, 0) is 10.2 Å². The van der Waals surface area contributed by atoms with Crippen LogP contribution in [0.3, 0.4) is 0 Å². The SMILES string of the molecule is CC(=O)N1C2=CCCC2(C)c2ccccc21. The van der Waals surface area contributed by atoms with E-state index in [1.54, 1.807) is 6.92 Å². The van der Waals surface area contributed by atoms with E-state index in [2.05, 4.69) is 25.1 Å². The van der Waals surface area contributed by atoms with Gasteiger partial charge in [0.1, 0.15) is 0 Å². The van der Waals surface area contributed by atoms with Crippen molar-refractivity contribution >= 4 is 11.6 Å². The van der Waals surface area contributed by atoms with Gasteiger partial charge in [-0.3, -0.25) is 9.69 Å². The Labute approximate surface area is 95.6 Å². The minimum absolute atomic E-state index is 0.0578. The van der Waals surface area contributed by atoms with Crippen molar-refractivity contribution in [3.63, 3.8) is 0 Å². The zero-order valence-electron chi connectivity index (χ0n) is 9.66. The highest BCUT2D eigenvalue weighted by atomic mass is 16.2. The predicted molar refractivity (Wildman–Crippen MR) is 64.3 cm³/mol. The van der Waals surface area contributed by atoms with E-state index in [1.165, 1.54) is 11.3 Å². The van der Waals surface area contributed by atoms with Gasteiger partial charge in [0.25, 0.3) is 0 Å². The lowest BCUT2D eigenvalue weighted by Crippen LogP contribution is -2.29. The number of rotatable bonds is 0. The van der Waals surface area contributed by atoms with Crippen molar-refractivity contribution in [2.45, 2.75) is 32.1 Å². The van der Waals surface area contributed by atoms with E-state index in [-0.39, 0.29) is 11.3 Å². The molecule has 0 N–H and O–H groups in total. The van der Waals surface area contributed by atoms with Crippen molar-refractivity contribution in [3.8, 4) is 0 Å². The molecule has 1 aromatic rings. The first kappa shape index (κ1) is 9.64. The molecule has 2 nitrogen and oxygen atoms in total. The van der Waals surface area contributed by atoms with Crippen LogP contribution in [0.5, 0.6) is 0 Å². The minimum Gasteiger partial charge on any atom is -0.284 e. The topological polar surface area (TPSA) is 20.3 Å². The fraction of sp³-hybridized carbons (Fsp3) is 0.357. The molecule has 1 unspecified atom stereocenters. The molecule has 3 rings (SSSR count). The zero-order chi connectivity index (χ0) is 11.3. The number of hydrogen-bond donors (Lipinski definition) is 0. The van der Waals surface area contributed by atoms with Gasteiger partial charge in [-0.15, -0.1) is 0 Å². The molecule has 82 valence electrons. The number of para-hydroxylation sites is 1. The summed E-state index contributed by atoms with van der Waals surface area (Å²) in [7, 11) is 0. The Kier molecular flexibility index (Phi) is 1.79. The van der Waals surface area contributed by atoms with E-state index in [9.17, 15) is 4.79 Å². The van der Waals surface area contributed by atoms with Crippen LogP contribution in [0.4, 0.5) is 5.69 Å². The molecule has 2 aliphatic rings. The molecule has 2 heteroatoms. The highest BCUT2D eigenvalue weighted by Gasteiger charge is 2.46. The third kappa shape index (κ3) is 0.993. The molecular weight excluding hydrogens is 198 g/mol. The van der Waals surface area contributed by atoms with Gasteiger partial charge in [-0.1, -0.05) is 24.3 Å². The van der Waals surface area contributed by atoms with E-state index in [4.69, 9.17) is 0 Å². The van der Waals surface area contributed by atoms with E-state index >= 15 is 0 Å². The molecule has 1 aromatic carbocycles. The Bertz CT molecular complexity index is 503. The molecule has 0 saturated carbocycles. The van der Waals surface area contributed by atoms with Crippen molar-refractivity contribution in [3.05, 3.63) is 41.6 Å². The maximum Gasteiger partial charge on any atom is 0.228 e. The minimum atomic E-state index is 0.0578. The highest BCUT2D eigenvalue weighted by Crippen LogP contribution is 2.53. The van der Waals surface area contributed by atoms with Gasteiger partial charge in [0.2, 0.25) is 5.91 Å². The fourth-order valence-electron chi connectivity index (χ4n) is 3.07. The Morgan fingerprint density at radius 3 is 2.88 bits per heavy atom. The van der Waals surface area contributed by atoms with E-state index < -0.39 is 0 Å². The number of carbonyl (C=O) groups excluding carboxylic acids is 1. The average molecular weight is 213 g/mol. The molecule has 1 amide bonds. The second-order valence-electron chi connectivity index (χ2n) is 4.83. The number of fused-ring (bicyclic) bond motifs is 3. The lowest BCUT2D eigenvalue weighted by atomic mass is 9.82. The normalized spacial score (nSPS) is 26.4. The van der Waals surface area contributed by atoms with Crippen LogP contribution >= 0.6 is 0 Å². The molecule has 1 atom stereocenters. The van der Waals surface area contributed by atoms with Gasteiger partial charge in [-0.25, -0.2) is 0 Å². The summed E-state index contributed by atoms with van der Waals surface area (Å²) < 4.78 is 0. The summed E-state index contributed by atoms with van der Waals surface area (Å²) in [5.41, 5.74) is 3.61. The van der Waals surface area contributed by atoms with Gasteiger partial charge < -0.3 is 0 Å². The maximum atomic E-state index is 11.8. The Hall–Kier alpha value is -1.57. The standard InChI is InChI=1S/C14H15NO/c1-10(16)15-12-7-4-3-6-11(12)14(2)9-5-8-13(14)15/h3-4,6-8H,5,9H2,1-2H3. The van der Waals surface area contributed by atoms with Crippen molar-refractivity contribution < 1.29 is 4.79 Å². The number of anilines is 1. The third-order valence-corrected chi connectivity index (χ3v) is 3.84. The molecule has 0 radical (unpaired) electrons. The molecular formula is C14H15NO. The second kappa shape index (κ2) is 2.97. The molecule has 0 fully saturated rings. The van der Waals surface area contributed by atoms with Crippen LogP contribution < -0.4 is 4.90 Å². The Balaban J connectivity index is 2.27. The van der Waals surface area contributed by atoms with E-state index in [0.717, 1.165) is 18.5 Å². The third-order valence-electron chi connectivity index (χ3n) is 3.84. The van der Waals surface area contributed by atoms with Crippen LogP contribution in [0, 0.1) is 0 Å². The lowest BCUT2D eigenvalue weighted by molar-refractivity contribution is -0.116. The molecule has 16 heavy (non-hydrogen) atoms. The van der Waals surface area contributed by atoms with Crippen LogP contribution in [0.15, 0.2) is 36.0 Å². The molecule has 0 saturated heterocycles. The average Bonchev–Trinajstić information content (AvgIpc) is 2.71. The number of allylic oxidation sites excluding steroid dienone is 2. The molecule has 0 bridgehead atoms. The van der Waals surface area contributed by atoms with Crippen molar-refractivity contribution in [1.29, 1.82) is 0 Å². The Morgan fingerprint density at radius 1 is 1.38 bits per heavy atom. The fourth-order valence-corrected chi connectivity index (χ4v) is 3.07. The number of amides is 1. The van der Waals surface area contributed by atoms with Crippen molar-refractivity contribution in [2.75, 3.05) is 4.90 Å². The molecule has 1 aliphatic heterocycles. The lowest BCUT2D eigenvalue weighted by Gasteiger charge is -2.23. The summed E-state index contributed by atoms with van der Waals surface area (Å²) in [5.74, 6) is 0.115. The van der Waals surface area contributed by atoms with Gasteiger partial charge in [0.05, 0.1) is 5.69 Å². The molecule has 1 heterocycles. The van der Waals surface area contributed by atoms with Gasteiger partial charge in [-0.05, 0) is 31.4 Å². The second-order valence-corrected chi connectivity index (χ2v) is 4.83. The van der Waals surface area contributed by atoms with Crippen molar-refractivity contribution in [1.82, 2.24) is 0 Å². The first-order valence-electron chi connectivity index (χ1n) is 5.75. The summed E-state index contributed by atoms with van der Waals surface area (Å²) in [5, 5.41) is 0. The summed E-state index contributed by atoms with van der Waals surface area (Å²) in [6.45, 7) is 3.88. The summed E-state index contributed by atoms with van der Waals surface area (Å²) in [4.78, 5) is 13.7. The Morgan fingerprint density at radius 2 is 2.12 bits per heavy atom. The number of carbonyl (C=O) groups is 1. The van der Waals surface area contributed by atoms with Gasteiger partial charge in [0, 0.05) is 18.0 Å². The van der Waals surface area contributed by atoms with Crippen LogP contribution in [0.2, 0.25) is 0 Å². The zero-order valence-corrected chi connectivity index (χ0v) is 9.66. The van der Waals surface area contributed by atoms with Crippen molar-refractivity contribution in [2.24, 2.45) is 0 Å². The molecule has 1 aliphatic carbocycles. The van der Waals surface area contributed by atoms with Gasteiger partial charge in [0.15, 0.2) is 0 Å². The first-order chi connectivity index (χ1) is 7.64.